The zero-order valence-electron chi connectivity index (χ0n) is 14.7. The highest BCUT2D eigenvalue weighted by molar-refractivity contribution is 5.82. The molecule has 0 aromatic heterocycles. The molecule has 1 atom stereocenters. The monoisotopic (exact) mass is 340 g/mol. The van der Waals surface area contributed by atoms with E-state index >= 15 is 0 Å². The predicted molar refractivity (Wildman–Crippen MR) is 97.0 cm³/mol. The van der Waals surface area contributed by atoms with Crippen molar-refractivity contribution >= 4 is 5.91 Å². The van der Waals surface area contributed by atoms with Crippen LogP contribution in [0, 0.1) is 0 Å². The zero-order valence-corrected chi connectivity index (χ0v) is 14.7. The van der Waals surface area contributed by atoms with E-state index in [9.17, 15) is 4.79 Å². The van der Waals surface area contributed by atoms with Gasteiger partial charge in [-0.15, -0.1) is 0 Å². The quantitative estimate of drug-likeness (QED) is 0.845. The standard InChI is InChI=1S/C20H24N2O3/c1-24-18-11-15-10-17(22-13-16(15)12-19(18)25-2)20(23)21-9-8-14-6-4-3-5-7-14/h3-7,11-12,17,22H,8-10,13H2,1-2H3,(H,21,23)/t17-/m0/s1. The summed E-state index contributed by atoms with van der Waals surface area (Å²) >= 11 is 0. The Balaban J connectivity index is 1.59. The van der Waals surface area contributed by atoms with Crippen LogP contribution in [0.5, 0.6) is 11.5 Å². The highest BCUT2D eigenvalue weighted by atomic mass is 16.5. The molecule has 2 N–H and O–H groups in total. The summed E-state index contributed by atoms with van der Waals surface area (Å²) in [4.78, 5) is 12.4. The number of fused-ring (bicyclic) bond motifs is 1. The van der Waals surface area contributed by atoms with Crippen molar-refractivity contribution in [3.05, 3.63) is 59.2 Å². The Morgan fingerprint density at radius 1 is 1.12 bits per heavy atom. The third-order valence-corrected chi connectivity index (χ3v) is 4.54. The summed E-state index contributed by atoms with van der Waals surface area (Å²) in [5.74, 6) is 1.46. The van der Waals surface area contributed by atoms with E-state index in [1.165, 1.54) is 5.56 Å². The lowest BCUT2D eigenvalue weighted by Gasteiger charge is -2.26. The number of hydrogen-bond donors (Lipinski definition) is 2. The van der Waals surface area contributed by atoms with Gasteiger partial charge < -0.3 is 20.1 Å². The highest BCUT2D eigenvalue weighted by Crippen LogP contribution is 2.32. The molecule has 0 radical (unpaired) electrons. The molecule has 5 nitrogen and oxygen atoms in total. The minimum Gasteiger partial charge on any atom is -0.493 e. The van der Waals surface area contributed by atoms with Gasteiger partial charge in [0, 0.05) is 13.1 Å². The lowest BCUT2D eigenvalue weighted by Crippen LogP contribution is -2.48. The summed E-state index contributed by atoms with van der Waals surface area (Å²) in [6.45, 7) is 1.28. The van der Waals surface area contributed by atoms with Gasteiger partial charge in [0.15, 0.2) is 11.5 Å². The van der Waals surface area contributed by atoms with Gasteiger partial charge in [0.05, 0.1) is 20.3 Å². The fourth-order valence-electron chi connectivity index (χ4n) is 3.13. The largest absolute Gasteiger partial charge is 0.493 e. The maximum atomic E-state index is 12.4. The number of carbonyl (C=O) groups is 1. The smallest absolute Gasteiger partial charge is 0.237 e. The van der Waals surface area contributed by atoms with Gasteiger partial charge in [-0.2, -0.15) is 0 Å². The second kappa shape index (κ2) is 8.03. The molecule has 0 saturated heterocycles. The normalized spacial score (nSPS) is 16.0. The van der Waals surface area contributed by atoms with Gasteiger partial charge in [-0.3, -0.25) is 4.79 Å². The van der Waals surface area contributed by atoms with E-state index in [2.05, 4.69) is 22.8 Å². The summed E-state index contributed by atoms with van der Waals surface area (Å²) in [6.07, 6.45) is 1.48. The van der Waals surface area contributed by atoms with Crippen molar-refractivity contribution in [2.75, 3.05) is 20.8 Å². The first-order valence-electron chi connectivity index (χ1n) is 8.50. The van der Waals surface area contributed by atoms with Crippen molar-refractivity contribution in [2.24, 2.45) is 0 Å². The molecule has 5 heteroatoms. The molecule has 0 bridgehead atoms. The van der Waals surface area contributed by atoms with E-state index in [-0.39, 0.29) is 11.9 Å². The van der Waals surface area contributed by atoms with Gasteiger partial charge >= 0.3 is 0 Å². The predicted octanol–water partition coefficient (Wildman–Crippen LogP) is 2.08. The summed E-state index contributed by atoms with van der Waals surface area (Å²) in [5.41, 5.74) is 3.49. The van der Waals surface area contributed by atoms with E-state index in [0.29, 0.717) is 31.0 Å². The van der Waals surface area contributed by atoms with Crippen molar-refractivity contribution < 1.29 is 14.3 Å². The molecule has 2 aromatic carbocycles. The van der Waals surface area contributed by atoms with Crippen LogP contribution >= 0.6 is 0 Å². The summed E-state index contributed by atoms with van der Waals surface area (Å²) in [6, 6.07) is 13.9. The third-order valence-electron chi connectivity index (χ3n) is 4.54. The van der Waals surface area contributed by atoms with E-state index in [1.54, 1.807) is 14.2 Å². The van der Waals surface area contributed by atoms with Crippen LogP contribution < -0.4 is 20.1 Å². The molecule has 1 aliphatic heterocycles. The van der Waals surface area contributed by atoms with Crippen molar-refractivity contribution in [1.29, 1.82) is 0 Å². The third kappa shape index (κ3) is 4.12. The molecule has 3 rings (SSSR count). The molecule has 132 valence electrons. The van der Waals surface area contributed by atoms with Crippen LogP contribution in [0.25, 0.3) is 0 Å². The molecule has 0 saturated carbocycles. The van der Waals surface area contributed by atoms with Crippen LogP contribution in [-0.2, 0) is 24.2 Å². The molecule has 0 spiro atoms. The van der Waals surface area contributed by atoms with Crippen LogP contribution in [0.4, 0.5) is 0 Å². The van der Waals surface area contributed by atoms with Crippen molar-refractivity contribution in [3.63, 3.8) is 0 Å². The van der Waals surface area contributed by atoms with E-state index < -0.39 is 0 Å². The van der Waals surface area contributed by atoms with E-state index in [1.807, 2.05) is 30.3 Å². The van der Waals surface area contributed by atoms with Gasteiger partial charge in [-0.25, -0.2) is 0 Å². The first kappa shape index (κ1) is 17.3. The molecular weight excluding hydrogens is 316 g/mol. The Bertz CT molecular complexity index is 731. The van der Waals surface area contributed by atoms with Crippen LogP contribution in [-0.4, -0.2) is 32.7 Å². The molecule has 1 aliphatic rings. The molecule has 0 fully saturated rings. The second-order valence-corrected chi connectivity index (χ2v) is 6.14. The van der Waals surface area contributed by atoms with Gasteiger partial charge in [0.25, 0.3) is 0 Å². The lowest BCUT2D eigenvalue weighted by molar-refractivity contribution is -0.123. The number of carbonyl (C=O) groups excluding carboxylic acids is 1. The molecule has 2 aromatic rings. The Morgan fingerprint density at radius 2 is 1.80 bits per heavy atom. The van der Waals surface area contributed by atoms with Crippen molar-refractivity contribution in [3.8, 4) is 11.5 Å². The Labute approximate surface area is 148 Å². The van der Waals surface area contributed by atoms with Gasteiger partial charge in [-0.1, -0.05) is 30.3 Å². The molecule has 1 amide bonds. The Kier molecular flexibility index (Phi) is 5.56. The average molecular weight is 340 g/mol. The fourth-order valence-corrected chi connectivity index (χ4v) is 3.13. The van der Waals surface area contributed by atoms with Crippen LogP contribution in [0.3, 0.4) is 0 Å². The van der Waals surface area contributed by atoms with Crippen molar-refractivity contribution in [2.45, 2.75) is 25.4 Å². The van der Waals surface area contributed by atoms with Gasteiger partial charge in [-0.05, 0) is 41.7 Å². The van der Waals surface area contributed by atoms with Crippen LogP contribution in [0.15, 0.2) is 42.5 Å². The summed E-state index contributed by atoms with van der Waals surface area (Å²) in [5, 5.41) is 6.33. The second-order valence-electron chi connectivity index (χ2n) is 6.14. The number of ether oxygens (including phenoxy) is 2. The molecule has 25 heavy (non-hydrogen) atoms. The molecule has 1 heterocycles. The summed E-state index contributed by atoms with van der Waals surface area (Å²) < 4.78 is 10.7. The van der Waals surface area contributed by atoms with Crippen LogP contribution in [0.1, 0.15) is 16.7 Å². The molecule has 0 unspecified atom stereocenters. The SMILES string of the molecule is COc1cc2c(cc1OC)C[C@@H](C(=O)NCCc1ccccc1)NC2. The number of methoxy groups -OCH3 is 2. The zero-order chi connectivity index (χ0) is 17.6. The Morgan fingerprint density at radius 3 is 2.48 bits per heavy atom. The van der Waals surface area contributed by atoms with Crippen LogP contribution in [0.2, 0.25) is 0 Å². The molecule has 0 aliphatic carbocycles. The molecular formula is C20H24N2O3. The van der Waals surface area contributed by atoms with Gasteiger partial charge in [0.2, 0.25) is 5.91 Å². The first-order valence-corrected chi connectivity index (χ1v) is 8.50. The first-order chi connectivity index (χ1) is 12.2. The lowest BCUT2D eigenvalue weighted by atomic mass is 9.94. The van der Waals surface area contributed by atoms with Gasteiger partial charge in [0.1, 0.15) is 0 Å². The number of hydrogen-bond acceptors (Lipinski definition) is 4. The average Bonchev–Trinajstić information content (AvgIpc) is 2.67. The number of amides is 1. The summed E-state index contributed by atoms with van der Waals surface area (Å²) in [7, 11) is 3.25. The maximum absolute atomic E-state index is 12.4. The van der Waals surface area contributed by atoms with Crippen molar-refractivity contribution in [1.82, 2.24) is 10.6 Å². The number of benzene rings is 2. The van der Waals surface area contributed by atoms with E-state index in [0.717, 1.165) is 17.5 Å². The maximum Gasteiger partial charge on any atom is 0.237 e. The number of rotatable bonds is 6. The minimum atomic E-state index is -0.221. The fraction of sp³-hybridized carbons (Fsp3) is 0.350. The topological polar surface area (TPSA) is 59.6 Å². The Hall–Kier alpha value is -2.53. The van der Waals surface area contributed by atoms with E-state index in [4.69, 9.17) is 9.47 Å². The minimum absolute atomic E-state index is 0.0383. The highest BCUT2D eigenvalue weighted by Gasteiger charge is 2.25. The number of nitrogens with one attached hydrogen (secondary N) is 2.